The van der Waals surface area contributed by atoms with Crippen molar-refractivity contribution < 1.29 is 4.74 Å². The summed E-state index contributed by atoms with van der Waals surface area (Å²) < 4.78 is 6.08. The topological polar surface area (TPSA) is 9.23 Å². The molecule has 0 heterocycles. The van der Waals surface area contributed by atoms with E-state index < -0.39 is 0 Å². The van der Waals surface area contributed by atoms with Gasteiger partial charge in [-0.15, -0.1) is 0 Å². The van der Waals surface area contributed by atoms with Gasteiger partial charge in [-0.2, -0.15) is 0 Å². The number of ether oxygens (including phenoxy) is 1. The smallest absolute Gasteiger partial charge is 0.0506 e. The molecule has 0 bridgehead atoms. The van der Waals surface area contributed by atoms with E-state index in [0.717, 1.165) is 26.1 Å². The first-order chi connectivity index (χ1) is 24.0. The van der Waals surface area contributed by atoms with E-state index in [1.807, 2.05) is 0 Å². The van der Waals surface area contributed by atoms with Gasteiger partial charge in [0.05, 0.1) is 13.2 Å². The van der Waals surface area contributed by atoms with Gasteiger partial charge in [-0.25, -0.2) is 0 Å². The number of hydrogen-bond donors (Lipinski definition) is 0. The van der Waals surface area contributed by atoms with Gasteiger partial charge in [0, 0.05) is 0 Å². The van der Waals surface area contributed by atoms with Crippen molar-refractivity contribution >= 4 is 23.3 Å². The van der Waals surface area contributed by atoms with Crippen molar-refractivity contribution in [2.75, 3.05) is 13.2 Å². The average molecular weight is 679 g/mol. The summed E-state index contributed by atoms with van der Waals surface area (Å²) in [5.74, 6) is 0. The molecule has 4 aromatic rings. The fraction of sp³-hybridized carbons (Fsp3) is 0.440. The second kappa shape index (κ2) is 14.4. The van der Waals surface area contributed by atoms with E-state index in [0.29, 0.717) is 0 Å². The summed E-state index contributed by atoms with van der Waals surface area (Å²) >= 11 is 0. The molecule has 0 saturated heterocycles. The summed E-state index contributed by atoms with van der Waals surface area (Å²) in [5, 5.41) is 0. The summed E-state index contributed by atoms with van der Waals surface area (Å²) in [7, 11) is 0. The third kappa shape index (κ3) is 8.36. The van der Waals surface area contributed by atoms with E-state index in [2.05, 4.69) is 166 Å². The van der Waals surface area contributed by atoms with Crippen LogP contribution in [0, 0.1) is 0 Å². The third-order valence-corrected chi connectivity index (χ3v) is 12.4. The van der Waals surface area contributed by atoms with E-state index >= 15 is 0 Å². The standard InChI is InChI=1S/C50H62O/c1-35(41-19-21-43-45(33-41)49(7,8)27-25-47(43,3)4)31-39-15-11-37(12-16-39)23-29-51-30-24-38-13-17-40(18-14-38)32-36(2)42-20-22-44-46(34-42)50(9,10)28-26-48(44,5)6/h11-22,31-34H,23-30H2,1-10H3/b35-31+,36-32+. The molecule has 0 N–H and O–H groups in total. The third-order valence-electron chi connectivity index (χ3n) is 12.4. The maximum atomic E-state index is 6.08. The SMILES string of the molecule is C/C(=C\c1ccc(CCOCCc2ccc(/C=C(\C)c3ccc4c(c3)C(C)(C)CCC4(C)C)cc2)cc1)c1ccc2c(c1)C(C)(C)CCC2(C)C. The molecule has 1 nitrogen and oxygen atoms in total. The molecule has 4 aromatic carbocycles. The van der Waals surface area contributed by atoms with Gasteiger partial charge in [0.25, 0.3) is 0 Å². The van der Waals surface area contributed by atoms with E-state index in [9.17, 15) is 0 Å². The molecule has 0 radical (unpaired) electrons. The monoisotopic (exact) mass is 678 g/mol. The molecule has 0 atom stereocenters. The molecular weight excluding hydrogens is 617 g/mol. The Balaban J connectivity index is 0.980. The molecule has 0 aliphatic heterocycles. The summed E-state index contributed by atoms with van der Waals surface area (Å²) in [6.07, 6.45) is 11.5. The first-order valence-electron chi connectivity index (χ1n) is 19.5. The van der Waals surface area contributed by atoms with Crippen molar-refractivity contribution in [3.05, 3.63) is 141 Å². The number of allylic oxidation sites excluding steroid dienone is 2. The van der Waals surface area contributed by atoms with E-state index in [1.54, 1.807) is 0 Å². The molecule has 51 heavy (non-hydrogen) atoms. The molecule has 0 saturated carbocycles. The Hall–Kier alpha value is -3.68. The lowest BCUT2D eigenvalue weighted by molar-refractivity contribution is 0.140. The summed E-state index contributed by atoms with van der Waals surface area (Å²) in [4.78, 5) is 0. The fourth-order valence-electron chi connectivity index (χ4n) is 8.38. The summed E-state index contributed by atoms with van der Waals surface area (Å²) in [6.45, 7) is 25.2. The van der Waals surface area contributed by atoms with Gasteiger partial charge in [-0.05, 0) is 141 Å². The van der Waals surface area contributed by atoms with E-state index in [4.69, 9.17) is 4.74 Å². The van der Waals surface area contributed by atoms with Gasteiger partial charge in [-0.3, -0.25) is 0 Å². The quantitative estimate of drug-likeness (QED) is 0.120. The first-order valence-corrected chi connectivity index (χ1v) is 19.5. The van der Waals surface area contributed by atoms with Crippen LogP contribution in [0.2, 0.25) is 0 Å². The first kappa shape index (κ1) is 37.1. The molecule has 0 aromatic heterocycles. The van der Waals surface area contributed by atoms with Crippen LogP contribution in [0.4, 0.5) is 0 Å². The Labute approximate surface area is 310 Å². The highest BCUT2D eigenvalue weighted by Crippen LogP contribution is 2.47. The molecule has 2 aliphatic carbocycles. The van der Waals surface area contributed by atoms with Crippen LogP contribution in [-0.4, -0.2) is 13.2 Å². The maximum absolute atomic E-state index is 6.08. The second-order valence-electron chi connectivity index (χ2n) is 18.3. The lowest BCUT2D eigenvalue weighted by Gasteiger charge is -2.42. The Morgan fingerprint density at radius 1 is 0.471 bits per heavy atom. The largest absolute Gasteiger partial charge is 0.381 e. The predicted octanol–water partition coefficient (Wildman–Crippen LogP) is 13.3. The molecular formula is C50H62O. The number of benzene rings is 4. The molecule has 268 valence electrons. The Kier molecular flexibility index (Phi) is 10.5. The molecule has 6 rings (SSSR count). The van der Waals surface area contributed by atoms with E-state index in [1.165, 1.54) is 92.5 Å². The van der Waals surface area contributed by atoms with Crippen LogP contribution in [0.3, 0.4) is 0 Å². The van der Waals surface area contributed by atoms with Crippen LogP contribution in [0.25, 0.3) is 23.3 Å². The minimum Gasteiger partial charge on any atom is -0.381 e. The number of rotatable bonds is 10. The highest BCUT2D eigenvalue weighted by Gasteiger charge is 2.38. The average Bonchev–Trinajstić information content (AvgIpc) is 3.10. The fourth-order valence-corrected chi connectivity index (χ4v) is 8.38. The lowest BCUT2D eigenvalue weighted by atomic mass is 9.63. The molecule has 2 aliphatic rings. The van der Waals surface area contributed by atoms with Gasteiger partial charge in [0.1, 0.15) is 0 Å². The molecule has 0 fully saturated rings. The Bertz CT molecular complexity index is 1770. The Morgan fingerprint density at radius 2 is 0.804 bits per heavy atom. The van der Waals surface area contributed by atoms with Gasteiger partial charge in [-0.1, -0.05) is 152 Å². The van der Waals surface area contributed by atoms with E-state index in [-0.39, 0.29) is 21.7 Å². The minimum absolute atomic E-state index is 0.227. The van der Waals surface area contributed by atoms with Crippen LogP contribution >= 0.6 is 0 Å². The predicted molar refractivity (Wildman–Crippen MR) is 222 cm³/mol. The second-order valence-corrected chi connectivity index (χ2v) is 18.3. The van der Waals surface area contributed by atoms with Crippen molar-refractivity contribution in [3.63, 3.8) is 0 Å². The van der Waals surface area contributed by atoms with Gasteiger partial charge >= 0.3 is 0 Å². The van der Waals surface area contributed by atoms with Crippen LogP contribution in [-0.2, 0) is 39.2 Å². The zero-order valence-electron chi connectivity index (χ0n) is 33.3. The van der Waals surface area contributed by atoms with Crippen molar-refractivity contribution in [2.24, 2.45) is 0 Å². The molecule has 0 amide bonds. The Morgan fingerprint density at radius 3 is 1.16 bits per heavy atom. The highest BCUT2D eigenvalue weighted by molar-refractivity contribution is 5.81. The lowest BCUT2D eigenvalue weighted by Crippen LogP contribution is -2.33. The van der Waals surface area contributed by atoms with Crippen LogP contribution in [0.1, 0.15) is 151 Å². The van der Waals surface area contributed by atoms with Crippen LogP contribution in [0.15, 0.2) is 84.9 Å². The molecule has 0 spiro atoms. The normalized spacial score (nSPS) is 18.9. The summed E-state index contributed by atoms with van der Waals surface area (Å²) in [6, 6.07) is 32.3. The van der Waals surface area contributed by atoms with Crippen molar-refractivity contribution in [1.82, 2.24) is 0 Å². The highest BCUT2D eigenvalue weighted by atomic mass is 16.5. The van der Waals surface area contributed by atoms with Crippen molar-refractivity contribution in [3.8, 4) is 0 Å². The summed E-state index contributed by atoms with van der Waals surface area (Å²) in [5.41, 5.74) is 17.5. The van der Waals surface area contributed by atoms with Gasteiger partial charge in [0.15, 0.2) is 0 Å². The number of fused-ring (bicyclic) bond motifs is 2. The zero-order valence-corrected chi connectivity index (χ0v) is 33.3. The number of hydrogen-bond acceptors (Lipinski definition) is 1. The maximum Gasteiger partial charge on any atom is 0.0506 e. The van der Waals surface area contributed by atoms with Crippen LogP contribution in [0.5, 0.6) is 0 Å². The van der Waals surface area contributed by atoms with Gasteiger partial charge in [0.2, 0.25) is 0 Å². The van der Waals surface area contributed by atoms with Gasteiger partial charge < -0.3 is 4.74 Å². The molecule has 1 heteroatoms. The molecule has 0 unspecified atom stereocenters. The minimum atomic E-state index is 0.227. The van der Waals surface area contributed by atoms with Crippen molar-refractivity contribution in [1.29, 1.82) is 0 Å². The van der Waals surface area contributed by atoms with Crippen LogP contribution < -0.4 is 0 Å². The zero-order chi connectivity index (χ0) is 36.6. The van der Waals surface area contributed by atoms with Crippen molar-refractivity contribution in [2.45, 2.75) is 129 Å².